The monoisotopic (exact) mass is 583 g/mol. The Morgan fingerprint density at radius 2 is 1.97 bits per heavy atom. The van der Waals surface area contributed by atoms with Crippen molar-refractivity contribution in [2.45, 2.75) is 77.2 Å². The molecule has 4 rings (SSSR count). The van der Waals surface area contributed by atoms with Crippen LogP contribution in [0.2, 0.25) is 5.28 Å². The minimum absolute atomic E-state index is 0.0382. The van der Waals surface area contributed by atoms with Crippen LogP contribution >= 0.6 is 27.5 Å². The van der Waals surface area contributed by atoms with Crippen molar-refractivity contribution in [2.75, 3.05) is 18.5 Å². The van der Waals surface area contributed by atoms with Crippen LogP contribution in [0.15, 0.2) is 22.7 Å². The number of ketones is 1. The first kappa shape index (κ1) is 27.4. The van der Waals surface area contributed by atoms with E-state index in [2.05, 4.69) is 31.2 Å². The Balaban J connectivity index is 1.37. The smallest absolute Gasteiger partial charge is 0.264 e. The summed E-state index contributed by atoms with van der Waals surface area (Å²) in [5.74, 6) is 1.71. The summed E-state index contributed by atoms with van der Waals surface area (Å²) in [6, 6.07) is 4.59. The van der Waals surface area contributed by atoms with Gasteiger partial charge in [0, 0.05) is 41.7 Å². The molecule has 2 unspecified atom stereocenters. The number of carbonyl (C=O) groups is 1. The molecule has 0 saturated carbocycles. The minimum atomic E-state index is -2.56. The van der Waals surface area contributed by atoms with Gasteiger partial charge >= 0.3 is 0 Å². The molecule has 5 nitrogen and oxygen atoms in total. The summed E-state index contributed by atoms with van der Waals surface area (Å²) < 4.78 is 32.7. The molecule has 1 N–H and O–H groups in total. The van der Waals surface area contributed by atoms with Crippen LogP contribution in [0, 0.1) is 11.8 Å². The van der Waals surface area contributed by atoms with Crippen LogP contribution in [-0.4, -0.2) is 29.0 Å². The number of alkyl halides is 2. The van der Waals surface area contributed by atoms with Crippen LogP contribution in [0.25, 0.3) is 0 Å². The third-order valence-electron chi connectivity index (χ3n) is 7.32. The molecule has 0 bridgehead atoms. The van der Waals surface area contributed by atoms with Crippen LogP contribution in [0.3, 0.4) is 0 Å². The SMILES string of the molecule is C[C@@H](Nc1nc(Cl)nc2c1CC(CCC(=O)CC1CCCCOCC1)C2)c1cccc(C(F)F)c1Br. The molecule has 1 aromatic carbocycles. The van der Waals surface area contributed by atoms with Gasteiger partial charge in [0.1, 0.15) is 11.6 Å². The molecule has 1 aliphatic carbocycles. The van der Waals surface area contributed by atoms with E-state index < -0.39 is 6.43 Å². The van der Waals surface area contributed by atoms with Crippen molar-refractivity contribution in [1.29, 1.82) is 0 Å². The number of ether oxygens (including phenoxy) is 1. The molecule has 1 aliphatic heterocycles. The molecule has 1 fully saturated rings. The lowest BCUT2D eigenvalue weighted by atomic mass is 9.90. The van der Waals surface area contributed by atoms with Crippen molar-refractivity contribution in [1.82, 2.24) is 9.97 Å². The van der Waals surface area contributed by atoms with E-state index in [1.807, 2.05) is 13.0 Å². The number of carbonyl (C=O) groups excluding carboxylic acids is 1. The highest BCUT2D eigenvalue weighted by Crippen LogP contribution is 2.37. The fraction of sp³-hybridized carbons (Fsp3) is 0.593. The van der Waals surface area contributed by atoms with Gasteiger partial charge in [-0.05, 0) is 90.4 Å². The third kappa shape index (κ3) is 7.01. The Bertz CT molecular complexity index is 1060. The molecular weight excluding hydrogens is 552 g/mol. The van der Waals surface area contributed by atoms with Crippen molar-refractivity contribution < 1.29 is 18.3 Å². The first-order valence-electron chi connectivity index (χ1n) is 12.8. The molecule has 36 heavy (non-hydrogen) atoms. The van der Waals surface area contributed by atoms with Gasteiger partial charge < -0.3 is 10.1 Å². The van der Waals surface area contributed by atoms with Crippen molar-refractivity contribution in [2.24, 2.45) is 11.8 Å². The second-order valence-electron chi connectivity index (χ2n) is 10.0. The maximum Gasteiger partial charge on any atom is 0.264 e. The Labute approximate surface area is 224 Å². The average molecular weight is 585 g/mol. The van der Waals surface area contributed by atoms with E-state index in [-0.39, 0.29) is 16.9 Å². The van der Waals surface area contributed by atoms with Gasteiger partial charge in [-0.3, -0.25) is 4.79 Å². The van der Waals surface area contributed by atoms with Crippen LogP contribution in [0.1, 0.15) is 86.7 Å². The summed E-state index contributed by atoms with van der Waals surface area (Å²) in [7, 11) is 0. The molecule has 196 valence electrons. The zero-order valence-corrected chi connectivity index (χ0v) is 22.9. The van der Waals surface area contributed by atoms with Gasteiger partial charge in [0.25, 0.3) is 6.43 Å². The van der Waals surface area contributed by atoms with Gasteiger partial charge in [0.2, 0.25) is 5.28 Å². The fourth-order valence-corrected chi connectivity index (χ4v) is 6.29. The van der Waals surface area contributed by atoms with Crippen LogP contribution in [-0.2, 0) is 22.4 Å². The van der Waals surface area contributed by atoms with Crippen molar-refractivity contribution in [3.05, 3.63) is 50.3 Å². The Morgan fingerprint density at radius 3 is 2.78 bits per heavy atom. The topological polar surface area (TPSA) is 64.1 Å². The van der Waals surface area contributed by atoms with E-state index in [0.29, 0.717) is 40.8 Å². The molecule has 0 spiro atoms. The van der Waals surface area contributed by atoms with Crippen LogP contribution < -0.4 is 5.32 Å². The van der Waals surface area contributed by atoms with E-state index >= 15 is 0 Å². The number of nitrogens with zero attached hydrogens (tertiary/aromatic N) is 2. The molecule has 9 heteroatoms. The number of aromatic nitrogens is 2. The molecule has 2 aromatic rings. The first-order chi connectivity index (χ1) is 17.3. The van der Waals surface area contributed by atoms with Gasteiger partial charge in [-0.1, -0.05) is 24.6 Å². The number of benzene rings is 1. The van der Waals surface area contributed by atoms with Gasteiger partial charge in [-0.2, -0.15) is 0 Å². The number of hydrogen-bond donors (Lipinski definition) is 1. The predicted octanol–water partition coefficient (Wildman–Crippen LogP) is 7.66. The molecule has 0 amide bonds. The lowest BCUT2D eigenvalue weighted by molar-refractivity contribution is -0.120. The number of rotatable bonds is 9. The summed E-state index contributed by atoms with van der Waals surface area (Å²) in [4.78, 5) is 21.6. The second-order valence-corrected chi connectivity index (χ2v) is 11.1. The quantitative estimate of drug-likeness (QED) is 0.307. The summed E-state index contributed by atoms with van der Waals surface area (Å²) in [6.07, 6.45) is 5.29. The molecular formula is C27H33BrClF2N3O2. The largest absolute Gasteiger partial charge is 0.381 e. The first-order valence-corrected chi connectivity index (χ1v) is 14.0. The highest BCUT2D eigenvalue weighted by Gasteiger charge is 2.29. The lowest BCUT2D eigenvalue weighted by Gasteiger charge is -2.20. The van der Waals surface area contributed by atoms with Gasteiger partial charge in [0.05, 0.1) is 11.7 Å². The summed E-state index contributed by atoms with van der Waals surface area (Å²) in [6.45, 7) is 3.50. The van der Waals surface area contributed by atoms with Crippen molar-refractivity contribution >= 4 is 39.1 Å². The highest BCUT2D eigenvalue weighted by molar-refractivity contribution is 9.10. The number of anilines is 1. The maximum absolute atomic E-state index is 13.4. The Hall–Kier alpha value is -1.64. The van der Waals surface area contributed by atoms with E-state index in [4.69, 9.17) is 16.3 Å². The van der Waals surface area contributed by atoms with E-state index in [1.54, 1.807) is 6.07 Å². The molecule has 0 radical (unpaired) electrons. The van der Waals surface area contributed by atoms with Crippen LogP contribution in [0.5, 0.6) is 0 Å². The Kier molecular flexibility index (Phi) is 9.70. The number of Topliss-reactive ketones (excluding diaryl/α,β-unsaturated/α-hetero) is 1. The molecule has 2 aliphatic rings. The zero-order valence-electron chi connectivity index (χ0n) is 20.5. The summed E-state index contributed by atoms with van der Waals surface area (Å²) >= 11 is 9.57. The fourth-order valence-electron chi connectivity index (χ4n) is 5.32. The molecule has 3 atom stereocenters. The van der Waals surface area contributed by atoms with Gasteiger partial charge in [-0.15, -0.1) is 0 Å². The normalized spacial score (nSPS) is 21.1. The predicted molar refractivity (Wildman–Crippen MR) is 141 cm³/mol. The maximum atomic E-state index is 13.4. The highest BCUT2D eigenvalue weighted by atomic mass is 79.9. The third-order valence-corrected chi connectivity index (χ3v) is 8.41. The molecule has 1 saturated heterocycles. The van der Waals surface area contributed by atoms with E-state index in [1.165, 1.54) is 6.07 Å². The lowest BCUT2D eigenvalue weighted by Crippen LogP contribution is -2.15. The second kappa shape index (κ2) is 12.7. The van der Waals surface area contributed by atoms with E-state index in [0.717, 1.165) is 75.0 Å². The number of nitrogens with one attached hydrogen (secondary N) is 1. The number of fused-ring (bicyclic) bond motifs is 1. The number of halogens is 4. The minimum Gasteiger partial charge on any atom is -0.381 e. The van der Waals surface area contributed by atoms with Crippen molar-refractivity contribution in [3.63, 3.8) is 0 Å². The molecule has 1 aromatic heterocycles. The van der Waals surface area contributed by atoms with Crippen LogP contribution in [0.4, 0.5) is 14.6 Å². The Morgan fingerprint density at radius 1 is 1.17 bits per heavy atom. The summed E-state index contributed by atoms with van der Waals surface area (Å²) in [5, 5.41) is 3.53. The summed E-state index contributed by atoms with van der Waals surface area (Å²) in [5.41, 5.74) is 2.58. The zero-order chi connectivity index (χ0) is 25.7. The van der Waals surface area contributed by atoms with Gasteiger partial charge in [-0.25, -0.2) is 18.7 Å². The van der Waals surface area contributed by atoms with E-state index in [9.17, 15) is 13.6 Å². The average Bonchev–Trinajstić information content (AvgIpc) is 3.22. The standard InChI is InChI=1S/C27H33BrClF2N3O2/c1-16(20-6-4-7-21(24(20)28)25(30)31)32-26-22-14-18(15-23(22)33-27(29)34-26)8-9-19(35)13-17-5-2-3-11-36-12-10-17/h4,6-7,16-18,25H,2-3,5,8-15H2,1H3,(H,32,33,34)/t16-,17?,18?/m1/s1. The van der Waals surface area contributed by atoms with Crippen molar-refractivity contribution in [3.8, 4) is 0 Å². The number of hydrogen-bond acceptors (Lipinski definition) is 5. The molecule has 2 heterocycles. The van der Waals surface area contributed by atoms with Gasteiger partial charge in [0.15, 0.2) is 0 Å².